The van der Waals surface area contributed by atoms with Gasteiger partial charge in [-0.1, -0.05) is 17.7 Å². The second-order valence-electron chi connectivity index (χ2n) is 4.35. The van der Waals surface area contributed by atoms with E-state index in [0.717, 1.165) is 0 Å². The summed E-state index contributed by atoms with van der Waals surface area (Å²) in [5, 5.41) is 14.2. The number of aryl methyl sites for hydroxylation is 1. The van der Waals surface area contributed by atoms with Crippen molar-refractivity contribution in [1.82, 2.24) is 0 Å². The summed E-state index contributed by atoms with van der Waals surface area (Å²) in [6.45, 7) is 1.87. The molecule has 0 saturated heterocycles. The van der Waals surface area contributed by atoms with Crippen LogP contribution in [0.4, 0.5) is 15.8 Å². The number of hydrogen-bond donors (Lipinski definition) is 1. The van der Waals surface area contributed by atoms with Gasteiger partial charge < -0.3 is 5.32 Å². The minimum Gasteiger partial charge on any atom is -0.381 e. The Bertz CT molecular complexity index is 662. The lowest BCUT2D eigenvalue weighted by Crippen LogP contribution is -2.02. The minimum absolute atomic E-state index is 0.0292. The van der Waals surface area contributed by atoms with Crippen LogP contribution in [0.5, 0.6) is 0 Å². The van der Waals surface area contributed by atoms with Gasteiger partial charge in [-0.25, -0.2) is 4.39 Å². The van der Waals surface area contributed by atoms with Gasteiger partial charge in [0.05, 0.1) is 4.92 Å². The van der Waals surface area contributed by atoms with Crippen molar-refractivity contribution in [3.8, 4) is 0 Å². The fourth-order valence-electron chi connectivity index (χ4n) is 1.79. The topological polar surface area (TPSA) is 55.2 Å². The average Bonchev–Trinajstić information content (AvgIpc) is 2.41. The molecule has 1 N–H and O–H groups in total. The molecule has 0 aliphatic carbocycles. The number of nitrogens with zero attached hydrogens (tertiary/aromatic N) is 1. The first-order valence-corrected chi connectivity index (χ1v) is 6.28. The van der Waals surface area contributed by atoms with Crippen LogP contribution in [-0.4, -0.2) is 4.92 Å². The summed E-state index contributed by atoms with van der Waals surface area (Å²) in [6, 6.07) is 9.07. The van der Waals surface area contributed by atoms with Gasteiger partial charge >= 0.3 is 0 Å². The summed E-state index contributed by atoms with van der Waals surface area (Å²) in [4.78, 5) is 10.4. The fourth-order valence-corrected chi connectivity index (χ4v) is 1.99. The molecule has 2 rings (SSSR count). The van der Waals surface area contributed by atoms with Gasteiger partial charge in [0.2, 0.25) is 0 Å². The molecule has 0 amide bonds. The molecule has 2 aromatic carbocycles. The van der Waals surface area contributed by atoms with Crippen LogP contribution in [0.3, 0.4) is 0 Å². The van der Waals surface area contributed by atoms with E-state index in [9.17, 15) is 14.5 Å². The molecule has 0 heterocycles. The molecule has 0 radical (unpaired) electrons. The Morgan fingerprint density at radius 2 is 2.05 bits per heavy atom. The third kappa shape index (κ3) is 3.24. The molecule has 0 aliphatic rings. The molecular formula is C14H12ClFN2O2. The molecular weight excluding hydrogens is 283 g/mol. The second-order valence-corrected chi connectivity index (χ2v) is 4.78. The molecule has 20 heavy (non-hydrogen) atoms. The second kappa shape index (κ2) is 5.88. The average molecular weight is 295 g/mol. The number of benzene rings is 2. The van der Waals surface area contributed by atoms with Gasteiger partial charge in [0.25, 0.3) is 5.69 Å². The predicted molar refractivity (Wildman–Crippen MR) is 76.6 cm³/mol. The molecule has 0 aromatic heterocycles. The molecule has 0 atom stereocenters. The highest BCUT2D eigenvalue weighted by atomic mass is 35.5. The molecule has 0 bridgehead atoms. The summed E-state index contributed by atoms with van der Waals surface area (Å²) in [6.07, 6.45) is 0. The Labute approximate surface area is 120 Å². The van der Waals surface area contributed by atoms with Crippen molar-refractivity contribution < 1.29 is 9.31 Å². The zero-order chi connectivity index (χ0) is 14.7. The highest BCUT2D eigenvalue weighted by molar-refractivity contribution is 6.30. The number of rotatable bonds is 4. The predicted octanol–water partition coefficient (Wildman–Crippen LogP) is 4.31. The van der Waals surface area contributed by atoms with E-state index in [-0.39, 0.29) is 18.0 Å². The lowest BCUT2D eigenvalue weighted by atomic mass is 10.1. The van der Waals surface area contributed by atoms with Gasteiger partial charge in [-0.15, -0.1) is 0 Å². The monoisotopic (exact) mass is 294 g/mol. The van der Waals surface area contributed by atoms with Gasteiger partial charge in [0.1, 0.15) is 5.82 Å². The fraction of sp³-hybridized carbons (Fsp3) is 0.143. The zero-order valence-electron chi connectivity index (χ0n) is 10.7. The normalized spacial score (nSPS) is 10.3. The first-order chi connectivity index (χ1) is 9.47. The summed E-state index contributed by atoms with van der Waals surface area (Å²) in [5.41, 5.74) is 1.57. The number of halogens is 2. The molecule has 4 nitrogen and oxygen atoms in total. The van der Waals surface area contributed by atoms with E-state index in [4.69, 9.17) is 11.6 Å². The Morgan fingerprint density at radius 3 is 2.75 bits per heavy atom. The zero-order valence-corrected chi connectivity index (χ0v) is 11.4. The number of hydrogen-bond acceptors (Lipinski definition) is 3. The van der Waals surface area contributed by atoms with Crippen LogP contribution in [0.1, 0.15) is 11.1 Å². The molecule has 104 valence electrons. The SMILES string of the molecule is Cc1ccc(NCc2cc(Cl)ccc2F)cc1[N+](=O)[O-]. The smallest absolute Gasteiger partial charge is 0.274 e. The molecule has 0 unspecified atom stereocenters. The van der Waals surface area contributed by atoms with Crippen LogP contribution >= 0.6 is 11.6 Å². The maximum Gasteiger partial charge on any atom is 0.274 e. The molecule has 2 aromatic rings. The van der Waals surface area contributed by atoms with Crippen molar-refractivity contribution in [2.24, 2.45) is 0 Å². The largest absolute Gasteiger partial charge is 0.381 e. The molecule has 0 spiro atoms. The lowest BCUT2D eigenvalue weighted by Gasteiger charge is -2.08. The summed E-state index contributed by atoms with van der Waals surface area (Å²) >= 11 is 5.80. The van der Waals surface area contributed by atoms with Crippen LogP contribution in [0, 0.1) is 22.9 Å². The number of nitro groups is 1. The van der Waals surface area contributed by atoms with Crippen molar-refractivity contribution in [2.45, 2.75) is 13.5 Å². The van der Waals surface area contributed by atoms with Crippen LogP contribution in [-0.2, 0) is 6.54 Å². The maximum atomic E-state index is 13.5. The highest BCUT2D eigenvalue weighted by Gasteiger charge is 2.11. The van der Waals surface area contributed by atoms with Gasteiger partial charge in [-0.05, 0) is 31.2 Å². The number of anilines is 1. The van der Waals surface area contributed by atoms with E-state index in [0.29, 0.717) is 21.8 Å². The van der Waals surface area contributed by atoms with E-state index in [2.05, 4.69) is 5.32 Å². The van der Waals surface area contributed by atoms with E-state index >= 15 is 0 Å². The van der Waals surface area contributed by atoms with Gasteiger partial charge in [-0.3, -0.25) is 10.1 Å². The van der Waals surface area contributed by atoms with Crippen molar-refractivity contribution in [3.05, 3.63) is 68.5 Å². The van der Waals surface area contributed by atoms with Crippen molar-refractivity contribution in [2.75, 3.05) is 5.32 Å². The quantitative estimate of drug-likeness (QED) is 0.675. The summed E-state index contributed by atoms with van der Waals surface area (Å²) in [7, 11) is 0. The Kier molecular flexibility index (Phi) is 4.20. The van der Waals surface area contributed by atoms with E-state index in [1.807, 2.05) is 0 Å². The highest BCUT2D eigenvalue weighted by Crippen LogP contribution is 2.23. The number of nitrogens with one attached hydrogen (secondary N) is 1. The van der Waals surface area contributed by atoms with Crippen LogP contribution in [0.25, 0.3) is 0 Å². The maximum absolute atomic E-state index is 13.5. The van der Waals surface area contributed by atoms with Crippen LogP contribution in [0.15, 0.2) is 36.4 Å². The molecule has 0 saturated carbocycles. The summed E-state index contributed by atoms with van der Waals surface area (Å²) < 4.78 is 13.5. The van der Waals surface area contributed by atoms with E-state index in [1.54, 1.807) is 19.1 Å². The van der Waals surface area contributed by atoms with Gasteiger partial charge in [0, 0.05) is 34.4 Å². The first-order valence-electron chi connectivity index (χ1n) is 5.90. The number of nitro benzene ring substituents is 1. The minimum atomic E-state index is -0.444. The van der Waals surface area contributed by atoms with Crippen molar-refractivity contribution >= 4 is 23.0 Å². The van der Waals surface area contributed by atoms with Crippen molar-refractivity contribution in [1.29, 1.82) is 0 Å². The van der Waals surface area contributed by atoms with Gasteiger partial charge in [0.15, 0.2) is 0 Å². The molecule has 0 fully saturated rings. The van der Waals surface area contributed by atoms with E-state index in [1.165, 1.54) is 24.3 Å². The Morgan fingerprint density at radius 1 is 1.30 bits per heavy atom. The lowest BCUT2D eigenvalue weighted by molar-refractivity contribution is -0.385. The standard InChI is InChI=1S/C14H12ClFN2O2/c1-9-2-4-12(7-14(9)18(19)20)17-8-10-6-11(15)3-5-13(10)16/h2-7,17H,8H2,1H3. The van der Waals surface area contributed by atoms with Crippen LogP contribution in [0.2, 0.25) is 5.02 Å². The van der Waals surface area contributed by atoms with E-state index < -0.39 is 4.92 Å². The molecule has 0 aliphatic heterocycles. The van der Waals surface area contributed by atoms with Crippen molar-refractivity contribution in [3.63, 3.8) is 0 Å². The Balaban J connectivity index is 2.17. The van der Waals surface area contributed by atoms with Crippen LogP contribution < -0.4 is 5.32 Å². The molecule has 6 heteroatoms. The first kappa shape index (κ1) is 14.3. The van der Waals surface area contributed by atoms with Gasteiger partial charge in [-0.2, -0.15) is 0 Å². The third-order valence-electron chi connectivity index (χ3n) is 2.90. The summed E-state index contributed by atoms with van der Waals surface area (Å²) in [5.74, 6) is -0.372. The Hall–Kier alpha value is -2.14. The third-order valence-corrected chi connectivity index (χ3v) is 3.13.